The van der Waals surface area contributed by atoms with Gasteiger partial charge in [-0.3, -0.25) is 0 Å². The van der Waals surface area contributed by atoms with Gasteiger partial charge in [-0.05, 0) is 38.6 Å². The van der Waals surface area contributed by atoms with Crippen LogP contribution in [-0.2, 0) is 10.0 Å². The molecule has 0 saturated heterocycles. The zero-order chi connectivity index (χ0) is 18.6. The topological polar surface area (TPSA) is 78.9 Å². The highest BCUT2D eigenvalue weighted by Gasteiger charge is 2.37. The lowest BCUT2D eigenvalue weighted by Crippen LogP contribution is -2.49. The molecule has 1 aliphatic rings. The molecule has 2 N–H and O–H groups in total. The van der Waals surface area contributed by atoms with Gasteiger partial charge < -0.3 is 15.2 Å². The molecule has 0 amide bonds. The molecule has 1 aliphatic heterocycles. The van der Waals surface area contributed by atoms with Crippen molar-refractivity contribution in [2.45, 2.75) is 37.8 Å². The fourth-order valence-corrected chi connectivity index (χ4v) is 4.81. The van der Waals surface area contributed by atoms with Crippen molar-refractivity contribution in [3.05, 3.63) is 29.8 Å². The average molecular weight is 368 g/mol. The molecule has 1 aromatic rings. The molecule has 25 heavy (non-hydrogen) atoms. The van der Waals surface area contributed by atoms with E-state index in [4.69, 9.17) is 4.74 Å². The molecular weight excluding hydrogens is 340 g/mol. The summed E-state index contributed by atoms with van der Waals surface area (Å²) < 4.78 is 33.8. The summed E-state index contributed by atoms with van der Waals surface area (Å²) in [7, 11) is -1.91. The van der Waals surface area contributed by atoms with Crippen molar-refractivity contribution in [3.8, 4) is 5.75 Å². The van der Waals surface area contributed by atoms with Crippen LogP contribution in [0.4, 0.5) is 0 Å². The molecule has 0 aromatic heterocycles. The van der Waals surface area contributed by atoms with E-state index in [2.05, 4.69) is 5.32 Å². The third-order valence-electron chi connectivity index (χ3n) is 4.46. The second kappa shape index (κ2) is 8.31. The van der Waals surface area contributed by atoms with Crippen LogP contribution in [0.15, 0.2) is 29.2 Å². The Labute approximate surface area is 150 Å². The van der Waals surface area contributed by atoms with Crippen LogP contribution in [0.25, 0.3) is 6.08 Å². The molecule has 2 rings (SSSR count). The number of likely N-dealkylation sites (N-methyl/N-ethyl adjacent to an activating group) is 1. The molecule has 7 heteroatoms. The van der Waals surface area contributed by atoms with E-state index >= 15 is 0 Å². The molecule has 0 radical (unpaired) electrons. The Bertz CT molecular complexity index is 718. The molecule has 0 unspecified atom stereocenters. The Balaban J connectivity index is 2.61. The number of benzene rings is 1. The van der Waals surface area contributed by atoms with Gasteiger partial charge in [-0.25, -0.2) is 8.42 Å². The first-order valence-electron chi connectivity index (χ1n) is 8.55. The summed E-state index contributed by atoms with van der Waals surface area (Å²) >= 11 is 0. The lowest BCUT2D eigenvalue weighted by atomic mass is 10.0. The van der Waals surface area contributed by atoms with Gasteiger partial charge in [-0.15, -0.1) is 0 Å². The summed E-state index contributed by atoms with van der Waals surface area (Å²) in [6.07, 6.45) is 3.63. The van der Waals surface area contributed by atoms with Crippen LogP contribution in [0.3, 0.4) is 0 Å². The Kier molecular flexibility index (Phi) is 6.62. The second-order valence-electron chi connectivity index (χ2n) is 6.50. The SMILES string of the molecule is C/C=C/c1ccc2c(c1)O[C@@H](CNC)[C@H](C)CN([C@@H](C)CO)S2(=O)=O. The largest absolute Gasteiger partial charge is 0.487 e. The maximum atomic E-state index is 13.2. The second-order valence-corrected chi connectivity index (χ2v) is 8.36. The number of nitrogens with one attached hydrogen (secondary N) is 1. The van der Waals surface area contributed by atoms with E-state index in [9.17, 15) is 13.5 Å². The van der Waals surface area contributed by atoms with Crippen molar-refractivity contribution in [1.82, 2.24) is 9.62 Å². The van der Waals surface area contributed by atoms with Gasteiger partial charge in [0.25, 0.3) is 0 Å². The zero-order valence-electron chi connectivity index (χ0n) is 15.3. The highest BCUT2D eigenvalue weighted by molar-refractivity contribution is 7.89. The minimum absolute atomic E-state index is 0.0326. The van der Waals surface area contributed by atoms with Crippen LogP contribution in [0.5, 0.6) is 5.75 Å². The highest BCUT2D eigenvalue weighted by Crippen LogP contribution is 2.34. The number of rotatable bonds is 5. The van der Waals surface area contributed by atoms with E-state index in [-0.39, 0.29) is 23.5 Å². The summed E-state index contributed by atoms with van der Waals surface area (Å²) in [4.78, 5) is 0.147. The van der Waals surface area contributed by atoms with Gasteiger partial charge in [0.1, 0.15) is 16.7 Å². The molecule has 0 spiro atoms. The average Bonchev–Trinajstić information content (AvgIpc) is 2.57. The van der Waals surface area contributed by atoms with E-state index in [1.165, 1.54) is 4.31 Å². The fourth-order valence-electron chi connectivity index (χ4n) is 2.98. The maximum Gasteiger partial charge on any atom is 0.247 e. The number of aliphatic hydroxyl groups is 1. The lowest BCUT2D eigenvalue weighted by Gasteiger charge is -2.36. The van der Waals surface area contributed by atoms with E-state index < -0.39 is 16.1 Å². The number of ether oxygens (including phenoxy) is 1. The van der Waals surface area contributed by atoms with Gasteiger partial charge in [-0.2, -0.15) is 4.31 Å². The number of hydrogen-bond acceptors (Lipinski definition) is 5. The number of fused-ring (bicyclic) bond motifs is 1. The monoisotopic (exact) mass is 368 g/mol. The summed E-state index contributed by atoms with van der Waals surface area (Å²) in [5.74, 6) is 0.326. The van der Waals surface area contributed by atoms with Crippen molar-refractivity contribution in [2.24, 2.45) is 5.92 Å². The molecular formula is C18H28N2O4S. The van der Waals surface area contributed by atoms with Crippen LogP contribution < -0.4 is 10.1 Å². The Morgan fingerprint density at radius 2 is 2.20 bits per heavy atom. The summed E-state index contributed by atoms with van der Waals surface area (Å²) in [6, 6.07) is 4.61. The molecule has 1 aromatic carbocycles. The van der Waals surface area contributed by atoms with E-state index in [0.29, 0.717) is 18.8 Å². The quantitative estimate of drug-likeness (QED) is 0.827. The van der Waals surface area contributed by atoms with E-state index in [1.807, 2.05) is 33.0 Å². The fraction of sp³-hybridized carbons (Fsp3) is 0.556. The summed E-state index contributed by atoms with van der Waals surface area (Å²) in [6.45, 7) is 6.27. The number of sulfonamides is 1. The molecule has 0 saturated carbocycles. The van der Waals surface area contributed by atoms with Gasteiger partial charge in [-0.1, -0.05) is 25.1 Å². The Morgan fingerprint density at radius 1 is 1.48 bits per heavy atom. The van der Waals surface area contributed by atoms with Gasteiger partial charge in [0.15, 0.2) is 0 Å². The van der Waals surface area contributed by atoms with Crippen molar-refractivity contribution in [1.29, 1.82) is 0 Å². The van der Waals surface area contributed by atoms with Crippen LogP contribution in [0.2, 0.25) is 0 Å². The van der Waals surface area contributed by atoms with E-state index in [1.54, 1.807) is 25.1 Å². The third kappa shape index (κ3) is 4.23. The molecule has 140 valence electrons. The number of allylic oxidation sites excluding steroid dienone is 1. The van der Waals surface area contributed by atoms with Gasteiger partial charge >= 0.3 is 0 Å². The maximum absolute atomic E-state index is 13.2. The Hall–Kier alpha value is -1.41. The summed E-state index contributed by atoms with van der Waals surface area (Å²) in [5, 5.41) is 12.6. The predicted molar refractivity (Wildman–Crippen MR) is 99.1 cm³/mol. The highest BCUT2D eigenvalue weighted by atomic mass is 32.2. The van der Waals surface area contributed by atoms with E-state index in [0.717, 1.165) is 5.56 Å². The van der Waals surface area contributed by atoms with Crippen LogP contribution in [-0.4, -0.2) is 56.7 Å². The smallest absolute Gasteiger partial charge is 0.247 e. The Morgan fingerprint density at radius 3 is 2.80 bits per heavy atom. The molecule has 0 aliphatic carbocycles. The minimum atomic E-state index is -3.75. The number of hydrogen-bond donors (Lipinski definition) is 2. The standard InChI is InChI=1S/C18H28N2O4S/c1-5-6-15-7-8-18-16(9-15)24-17(10-19-4)13(2)11-20(14(3)12-21)25(18,22)23/h5-9,13-14,17,19,21H,10-12H2,1-4H3/b6-5+/t13-,14+,17+/m1/s1. The molecule has 3 atom stereocenters. The van der Waals surface area contributed by atoms with Gasteiger partial charge in [0.2, 0.25) is 10.0 Å². The van der Waals surface area contributed by atoms with Gasteiger partial charge in [0.05, 0.1) is 6.61 Å². The summed E-state index contributed by atoms with van der Waals surface area (Å²) in [5.41, 5.74) is 0.884. The van der Waals surface area contributed by atoms with Gasteiger partial charge in [0, 0.05) is 25.0 Å². The van der Waals surface area contributed by atoms with Crippen LogP contribution in [0, 0.1) is 5.92 Å². The number of aliphatic hydroxyl groups excluding tert-OH is 1. The molecule has 0 fully saturated rings. The van der Waals surface area contributed by atoms with Crippen molar-refractivity contribution in [3.63, 3.8) is 0 Å². The minimum Gasteiger partial charge on any atom is -0.487 e. The molecule has 0 bridgehead atoms. The first-order chi connectivity index (χ1) is 11.8. The van der Waals surface area contributed by atoms with Crippen LogP contribution >= 0.6 is 0 Å². The molecule has 6 nitrogen and oxygen atoms in total. The predicted octanol–water partition coefficient (Wildman–Crippen LogP) is 1.71. The van der Waals surface area contributed by atoms with Crippen molar-refractivity contribution >= 4 is 16.1 Å². The van der Waals surface area contributed by atoms with Crippen molar-refractivity contribution in [2.75, 3.05) is 26.7 Å². The first kappa shape index (κ1) is 19.9. The third-order valence-corrected chi connectivity index (χ3v) is 6.48. The normalized spacial score (nSPS) is 25.0. The number of nitrogens with zero attached hydrogens (tertiary/aromatic N) is 1. The van der Waals surface area contributed by atoms with Crippen LogP contribution in [0.1, 0.15) is 26.3 Å². The lowest BCUT2D eigenvalue weighted by molar-refractivity contribution is 0.103. The zero-order valence-corrected chi connectivity index (χ0v) is 16.1. The molecule has 1 heterocycles. The van der Waals surface area contributed by atoms with Crippen molar-refractivity contribution < 1.29 is 18.3 Å². The first-order valence-corrected chi connectivity index (χ1v) is 9.99.